The van der Waals surface area contributed by atoms with Crippen LogP contribution in [0.5, 0.6) is 0 Å². The summed E-state index contributed by atoms with van der Waals surface area (Å²) in [4.78, 5) is 25.4. The Morgan fingerprint density at radius 3 is 2.71 bits per heavy atom. The van der Waals surface area contributed by atoms with Crippen molar-refractivity contribution in [2.45, 2.75) is 0 Å². The maximum atomic E-state index is 11.6. The maximum absolute atomic E-state index is 11.6. The second kappa shape index (κ2) is 5.04. The topological polar surface area (TPSA) is 105 Å². The Labute approximate surface area is 123 Å². The molecule has 2 heterocycles. The van der Waals surface area contributed by atoms with E-state index >= 15 is 0 Å². The van der Waals surface area contributed by atoms with Gasteiger partial charge in [-0.3, -0.25) is 9.59 Å². The monoisotopic (exact) mass is 300 g/mol. The van der Waals surface area contributed by atoms with Crippen LogP contribution >= 0.6 is 11.3 Å². The minimum atomic E-state index is -0.642. The molecule has 3 aromatic rings. The first kappa shape index (κ1) is 13.3. The molecule has 2 amide bonds. The second-order valence-electron chi connectivity index (χ2n) is 4.50. The van der Waals surface area contributed by atoms with Crippen molar-refractivity contribution in [3.05, 3.63) is 40.6 Å². The molecule has 0 spiro atoms. The van der Waals surface area contributed by atoms with Gasteiger partial charge in [0.25, 0.3) is 5.91 Å². The normalized spacial score (nSPS) is 10.7. The van der Waals surface area contributed by atoms with Gasteiger partial charge in [-0.15, -0.1) is 0 Å². The van der Waals surface area contributed by atoms with Crippen molar-refractivity contribution in [1.82, 2.24) is 4.98 Å². The number of carbonyl (C=O) groups excluding carboxylic acids is 2. The number of hydrazine groups is 1. The fourth-order valence-corrected chi connectivity index (χ4v) is 2.95. The lowest BCUT2D eigenvalue weighted by Crippen LogP contribution is -2.31. The van der Waals surface area contributed by atoms with E-state index < -0.39 is 5.91 Å². The highest BCUT2D eigenvalue weighted by Crippen LogP contribution is 2.31. The lowest BCUT2D eigenvalue weighted by Gasteiger charge is -2.08. The molecule has 21 heavy (non-hydrogen) atoms. The third-order valence-corrected chi connectivity index (χ3v) is 3.93. The molecule has 0 fully saturated rings. The molecule has 0 radical (unpaired) electrons. The Morgan fingerprint density at radius 2 is 2.10 bits per heavy atom. The van der Waals surface area contributed by atoms with E-state index in [1.54, 1.807) is 17.4 Å². The summed E-state index contributed by atoms with van der Waals surface area (Å²) in [7, 11) is 0. The number of benzene rings is 1. The molecular weight excluding hydrogens is 288 g/mol. The zero-order chi connectivity index (χ0) is 15.0. The molecule has 106 valence electrons. The van der Waals surface area contributed by atoms with Gasteiger partial charge < -0.3 is 10.7 Å². The van der Waals surface area contributed by atoms with Crippen molar-refractivity contribution in [3.8, 4) is 11.1 Å². The molecule has 0 bridgehead atoms. The number of amides is 2. The number of anilines is 1. The molecule has 3 rings (SSSR count). The van der Waals surface area contributed by atoms with Gasteiger partial charge in [0.2, 0.25) is 6.41 Å². The SMILES string of the molecule is NC(=O)c1c(N(N)C=O)[nH]c2cc(-c3ccsc3)ccc12. The van der Waals surface area contributed by atoms with E-state index in [9.17, 15) is 9.59 Å². The second-order valence-corrected chi connectivity index (χ2v) is 5.28. The maximum Gasteiger partial charge on any atom is 0.253 e. The fraction of sp³-hybridized carbons (Fsp3) is 0. The van der Waals surface area contributed by atoms with Crippen molar-refractivity contribution in [3.63, 3.8) is 0 Å². The molecule has 1 aromatic carbocycles. The lowest BCUT2D eigenvalue weighted by molar-refractivity contribution is -0.107. The van der Waals surface area contributed by atoms with Crippen molar-refractivity contribution < 1.29 is 9.59 Å². The summed E-state index contributed by atoms with van der Waals surface area (Å²) in [5, 5.41) is 5.46. The zero-order valence-electron chi connectivity index (χ0n) is 10.9. The highest BCUT2D eigenvalue weighted by Gasteiger charge is 2.19. The van der Waals surface area contributed by atoms with E-state index in [1.807, 2.05) is 29.0 Å². The average Bonchev–Trinajstić information content (AvgIpc) is 3.12. The van der Waals surface area contributed by atoms with Crippen molar-refractivity contribution in [1.29, 1.82) is 0 Å². The largest absolute Gasteiger partial charge is 0.365 e. The Balaban J connectivity index is 2.23. The Bertz CT molecular complexity index is 823. The number of thiophene rings is 1. The number of nitrogens with one attached hydrogen (secondary N) is 1. The van der Waals surface area contributed by atoms with Gasteiger partial charge in [0.1, 0.15) is 5.82 Å². The highest BCUT2D eigenvalue weighted by molar-refractivity contribution is 7.08. The smallest absolute Gasteiger partial charge is 0.253 e. The van der Waals surface area contributed by atoms with E-state index in [1.165, 1.54) is 0 Å². The number of rotatable bonds is 4. The fourth-order valence-electron chi connectivity index (χ4n) is 2.29. The molecule has 0 aliphatic heterocycles. The van der Waals surface area contributed by atoms with Crippen LogP contribution in [0.4, 0.5) is 5.82 Å². The number of nitrogens with two attached hydrogens (primary N) is 2. The van der Waals surface area contributed by atoms with E-state index in [4.69, 9.17) is 11.6 Å². The predicted molar refractivity (Wildman–Crippen MR) is 82.9 cm³/mol. The van der Waals surface area contributed by atoms with Crippen LogP contribution in [0.2, 0.25) is 0 Å². The average molecular weight is 300 g/mol. The van der Waals surface area contributed by atoms with Gasteiger partial charge in [0.15, 0.2) is 0 Å². The third kappa shape index (κ3) is 2.18. The van der Waals surface area contributed by atoms with Crippen LogP contribution in [0.3, 0.4) is 0 Å². The molecule has 0 aliphatic rings. The number of hydrogen-bond donors (Lipinski definition) is 3. The minimum Gasteiger partial charge on any atom is -0.365 e. The molecule has 0 atom stereocenters. The van der Waals surface area contributed by atoms with Crippen LogP contribution < -0.4 is 16.6 Å². The number of nitrogens with zero attached hydrogens (tertiary/aromatic N) is 1. The lowest BCUT2D eigenvalue weighted by atomic mass is 10.1. The van der Waals surface area contributed by atoms with Crippen LogP contribution in [-0.2, 0) is 4.79 Å². The number of H-pyrrole nitrogens is 1. The molecule has 0 aliphatic carbocycles. The van der Waals surface area contributed by atoms with Gasteiger partial charge >= 0.3 is 0 Å². The molecule has 6 nitrogen and oxygen atoms in total. The van der Waals surface area contributed by atoms with E-state index in [0.29, 0.717) is 17.3 Å². The van der Waals surface area contributed by atoms with Gasteiger partial charge in [0.05, 0.1) is 5.56 Å². The number of carbonyl (C=O) groups is 2. The van der Waals surface area contributed by atoms with Crippen molar-refractivity contribution >= 4 is 40.4 Å². The summed E-state index contributed by atoms with van der Waals surface area (Å²) in [6, 6.07) is 7.59. The predicted octanol–water partition coefficient (Wildman–Crippen LogP) is 1.83. The summed E-state index contributed by atoms with van der Waals surface area (Å²) in [6.07, 6.45) is 0.414. The van der Waals surface area contributed by atoms with Crippen LogP contribution in [0.15, 0.2) is 35.0 Å². The molecule has 7 heteroatoms. The first-order chi connectivity index (χ1) is 10.1. The van der Waals surface area contributed by atoms with Gasteiger partial charge in [-0.2, -0.15) is 11.3 Å². The summed E-state index contributed by atoms with van der Waals surface area (Å²) in [5.41, 5.74) is 8.38. The molecule has 5 N–H and O–H groups in total. The molecule has 0 saturated carbocycles. The summed E-state index contributed by atoms with van der Waals surface area (Å²) in [6.45, 7) is 0. The number of fused-ring (bicyclic) bond motifs is 1. The number of hydrogen-bond acceptors (Lipinski definition) is 4. The number of primary amides is 1. The Kier molecular flexibility index (Phi) is 3.20. The van der Waals surface area contributed by atoms with E-state index in [0.717, 1.165) is 16.1 Å². The van der Waals surface area contributed by atoms with Gasteiger partial charge in [-0.05, 0) is 34.0 Å². The van der Waals surface area contributed by atoms with Gasteiger partial charge in [-0.25, -0.2) is 10.9 Å². The summed E-state index contributed by atoms with van der Waals surface area (Å²) >= 11 is 1.60. The van der Waals surface area contributed by atoms with Crippen LogP contribution in [0.1, 0.15) is 10.4 Å². The standard InChI is InChI=1S/C14H12N4O2S/c15-13(20)12-10-2-1-8(9-3-4-21-6-9)5-11(10)17-14(12)18(16)7-19/h1-7,17H,16H2,(H2,15,20). The van der Waals surface area contributed by atoms with Crippen molar-refractivity contribution in [2.24, 2.45) is 11.6 Å². The first-order valence-electron chi connectivity index (χ1n) is 6.09. The zero-order valence-corrected chi connectivity index (χ0v) is 11.7. The van der Waals surface area contributed by atoms with Crippen molar-refractivity contribution in [2.75, 3.05) is 5.01 Å². The van der Waals surface area contributed by atoms with Crippen LogP contribution in [-0.4, -0.2) is 17.3 Å². The molecule has 2 aromatic heterocycles. The van der Waals surface area contributed by atoms with Gasteiger partial charge in [-0.1, -0.05) is 12.1 Å². The Hall–Kier alpha value is -2.64. The quantitative estimate of drug-likeness (QED) is 0.296. The van der Waals surface area contributed by atoms with Crippen LogP contribution in [0, 0.1) is 0 Å². The van der Waals surface area contributed by atoms with Crippen LogP contribution in [0.25, 0.3) is 22.0 Å². The molecule has 0 saturated heterocycles. The number of aromatic amines is 1. The number of aromatic nitrogens is 1. The summed E-state index contributed by atoms with van der Waals surface area (Å²) in [5.74, 6) is 5.11. The third-order valence-electron chi connectivity index (χ3n) is 3.25. The minimum absolute atomic E-state index is 0.190. The molecular formula is C14H12N4O2S. The summed E-state index contributed by atoms with van der Waals surface area (Å²) < 4.78 is 0. The Morgan fingerprint density at radius 1 is 1.29 bits per heavy atom. The molecule has 0 unspecified atom stereocenters. The van der Waals surface area contributed by atoms with E-state index in [-0.39, 0.29) is 11.4 Å². The first-order valence-corrected chi connectivity index (χ1v) is 7.03. The van der Waals surface area contributed by atoms with E-state index in [2.05, 4.69) is 4.98 Å². The van der Waals surface area contributed by atoms with Gasteiger partial charge in [0, 0.05) is 10.9 Å². The highest BCUT2D eigenvalue weighted by atomic mass is 32.1.